The standard InChI is InChI=1S/C17H27BrN4.HI/c1-13(2)10-20-17(19-3)21-11-14-7-8-22(12-14)16-6-4-5-15(18)9-16;/h4-6,9,13-14H,7-8,10-12H2,1-3H3,(H2,19,20,21);1H. The summed E-state index contributed by atoms with van der Waals surface area (Å²) < 4.78 is 1.14. The molecule has 1 heterocycles. The van der Waals surface area contributed by atoms with Gasteiger partial charge in [-0.15, -0.1) is 24.0 Å². The number of rotatable bonds is 5. The van der Waals surface area contributed by atoms with E-state index in [0.29, 0.717) is 11.8 Å². The average molecular weight is 495 g/mol. The summed E-state index contributed by atoms with van der Waals surface area (Å²) in [6.45, 7) is 8.56. The summed E-state index contributed by atoms with van der Waals surface area (Å²) in [6, 6.07) is 8.55. The van der Waals surface area contributed by atoms with Gasteiger partial charge in [0.05, 0.1) is 0 Å². The van der Waals surface area contributed by atoms with Gasteiger partial charge in [0.15, 0.2) is 5.96 Å². The molecular formula is C17H28BrIN4. The molecule has 0 radical (unpaired) electrons. The van der Waals surface area contributed by atoms with Crippen LogP contribution in [0, 0.1) is 11.8 Å². The van der Waals surface area contributed by atoms with Crippen molar-refractivity contribution in [2.75, 3.05) is 38.1 Å². The molecule has 0 amide bonds. The van der Waals surface area contributed by atoms with Crippen molar-refractivity contribution in [2.24, 2.45) is 16.8 Å². The largest absolute Gasteiger partial charge is 0.371 e. The highest BCUT2D eigenvalue weighted by Gasteiger charge is 2.22. The molecule has 1 saturated heterocycles. The van der Waals surface area contributed by atoms with Gasteiger partial charge in [0.1, 0.15) is 0 Å². The molecule has 1 unspecified atom stereocenters. The molecular weight excluding hydrogens is 467 g/mol. The lowest BCUT2D eigenvalue weighted by molar-refractivity contribution is 0.557. The van der Waals surface area contributed by atoms with Crippen LogP contribution in [-0.2, 0) is 0 Å². The molecule has 4 nitrogen and oxygen atoms in total. The maximum Gasteiger partial charge on any atom is 0.190 e. The maximum atomic E-state index is 4.28. The fourth-order valence-electron chi connectivity index (χ4n) is 2.67. The zero-order chi connectivity index (χ0) is 15.9. The first-order valence-electron chi connectivity index (χ1n) is 8.03. The van der Waals surface area contributed by atoms with Gasteiger partial charge in [-0.3, -0.25) is 4.99 Å². The Kier molecular flexibility index (Phi) is 9.27. The van der Waals surface area contributed by atoms with Crippen LogP contribution < -0.4 is 15.5 Å². The van der Waals surface area contributed by atoms with Gasteiger partial charge in [0, 0.05) is 43.4 Å². The van der Waals surface area contributed by atoms with E-state index < -0.39 is 0 Å². The van der Waals surface area contributed by atoms with Gasteiger partial charge in [-0.1, -0.05) is 35.8 Å². The first-order valence-corrected chi connectivity index (χ1v) is 8.83. The van der Waals surface area contributed by atoms with Gasteiger partial charge in [-0.2, -0.15) is 0 Å². The minimum absolute atomic E-state index is 0. The minimum Gasteiger partial charge on any atom is -0.371 e. The molecule has 6 heteroatoms. The molecule has 0 saturated carbocycles. The number of anilines is 1. The molecule has 0 spiro atoms. The second-order valence-corrected chi connectivity index (χ2v) is 7.22. The second kappa shape index (κ2) is 10.4. The molecule has 23 heavy (non-hydrogen) atoms. The molecule has 0 aromatic heterocycles. The number of nitrogens with zero attached hydrogens (tertiary/aromatic N) is 2. The summed E-state index contributed by atoms with van der Waals surface area (Å²) in [5.41, 5.74) is 1.30. The summed E-state index contributed by atoms with van der Waals surface area (Å²) in [5, 5.41) is 6.82. The topological polar surface area (TPSA) is 39.7 Å². The van der Waals surface area contributed by atoms with Crippen molar-refractivity contribution in [1.82, 2.24) is 10.6 Å². The maximum absolute atomic E-state index is 4.28. The van der Waals surface area contributed by atoms with Crippen molar-refractivity contribution in [3.8, 4) is 0 Å². The lowest BCUT2D eigenvalue weighted by Crippen LogP contribution is -2.41. The lowest BCUT2D eigenvalue weighted by Gasteiger charge is -2.20. The Balaban J connectivity index is 0.00000264. The van der Waals surface area contributed by atoms with E-state index in [2.05, 4.69) is 74.6 Å². The van der Waals surface area contributed by atoms with Crippen molar-refractivity contribution in [2.45, 2.75) is 20.3 Å². The van der Waals surface area contributed by atoms with Crippen molar-refractivity contribution in [3.63, 3.8) is 0 Å². The highest BCUT2D eigenvalue weighted by Crippen LogP contribution is 2.25. The van der Waals surface area contributed by atoms with Gasteiger partial charge < -0.3 is 15.5 Å². The molecule has 0 bridgehead atoms. The van der Waals surface area contributed by atoms with Crippen molar-refractivity contribution in [1.29, 1.82) is 0 Å². The Hall–Kier alpha value is -0.500. The van der Waals surface area contributed by atoms with E-state index in [1.807, 2.05) is 7.05 Å². The van der Waals surface area contributed by atoms with Gasteiger partial charge in [0.2, 0.25) is 0 Å². The fraction of sp³-hybridized carbons (Fsp3) is 0.588. The van der Waals surface area contributed by atoms with E-state index in [-0.39, 0.29) is 24.0 Å². The van der Waals surface area contributed by atoms with Crippen molar-refractivity contribution >= 4 is 51.6 Å². The summed E-state index contributed by atoms with van der Waals surface area (Å²) in [5.74, 6) is 2.20. The first kappa shape index (κ1) is 20.5. The van der Waals surface area contributed by atoms with Gasteiger partial charge >= 0.3 is 0 Å². The van der Waals surface area contributed by atoms with Crippen molar-refractivity contribution in [3.05, 3.63) is 28.7 Å². The number of hydrogen-bond acceptors (Lipinski definition) is 2. The summed E-state index contributed by atoms with van der Waals surface area (Å²) in [7, 11) is 1.83. The summed E-state index contributed by atoms with van der Waals surface area (Å²) in [4.78, 5) is 6.74. The summed E-state index contributed by atoms with van der Waals surface area (Å²) >= 11 is 3.55. The third kappa shape index (κ3) is 6.87. The molecule has 1 atom stereocenters. The van der Waals surface area contributed by atoms with E-state index >= 15 is 0 Å². The SMILES string of the molecule is CN=C(NCC(C)C)NCC1CCN(c2cccc(Br)c2)C1.I. The molecule has 0 aliphatic carbocycles. The highest BCUT2D eigenvalue weighted by molar-refractivity contribution is 14.0. The number of benzene rings is 1. The Morgan fingerprint density at radius 3 is 2.83 bits per heavy atom. The molecule has 1 aromatic carbocycles. The number of aliphatic imine (C=N–C) groups is 1. The number of nitrogens with one attached hydrogen (secondary N) is 2. The smallest absolute Gasteiger partial charge is 0.190 e. The Morgan fingerprint density at radius 1 is 1.39 bits per heavy atom. The lowest BCUT2D eigenvalue weighted by atomic mass is 10.1. The third-order valence-corrected chi connectivity index (χ3v) is 4.41. The first-order chi connectivity index (χ1) is 10.6. The monoisotopic (exact) mass is 494 g/mol. The predicted molar refractivity (Wildman–Crippen MR) is 114 cm³/mol. The molecule has 130 valence electrons. The average Bonchev–Trinajstić information content (AvgIpc) is 2.96. The van der Waals surface area contributed by atoms with Crippen molar-refractivity contribution < 1.29 is 0 Å². The zero-order valence-corrected chi connectivity index (χ0v) is 18.1. The van der Waals surface area contributed by atoms with Crippen LogP contribution in [0.5, 0.6) is 0 Å². The van der Waals surface area contributed by atoms with Crippen LogP contribution in [0.4, 0.5) is 5.69 Å². The van der Waals surface area contributed by atoms with Crippen LogP contribution in [0.1, 0.15) is 20.3 Å². The molecule has 2 N–H and O–H groups in total. The Morgan fingerprint density at radius 2 is 2.17 bits per heavy atom. The van der Waals surface area contributed by atoms with Gasteiger partial charge in [0.25, 0.3) is 0 Å². The number of hydrogen-bond donors (Lipinski definition) is 2. The predicted octanol–water partition coefficient (Wildman–Crippen LogP) is 3.71. The van der Waals surface area contributed by atoms with Crippen LogP contribution in [-0.4, -0.2) is 39.2 Å². The highest BCUT2D eigenvalue weighted by atomic mass is 127. The number of halogens is 2. The quantitative estimate of drug-likeness (QED) is 0.372. The second-order valence-electron chi connectivity index (χ2n) is 6.31. The zero-order valence-electron chi connectivity index (χ0n) is 14.2. The van der Waals surface area contributed by atoms with Gasteiger partial charge in [-0.05, 0) is 36.5 Å². The fourth-order valence-corrected chi connectivity index (χ4v) is 3.06. The van der Waals surface area contributed by atoms with Crippen LogP contribution in [0.2, 0.25) is 0 Å². The van der Waals surface area contributed by atoms with E-state index in [0.717, 1.165) is 36.6 Å². The van der Waals surface area contributed by atoms with Crippen LogP contribution >= 0.6 is 39.9 Å². The van der Waals surface area contributed by atoms with Crippen LogP contribution in [0.25, 0.3) is 0 Å². The molecule has 1 aliphatic rings. The van der Waals surface area contributed by atoms with E-state index in [9.17, 15) is 0 Å². The van der Waals surface area contributed by atoms with E-state index in [1.165, 1.54) is 12.1 Å². The molecule has 1 aliphatic heterocycles. The minimum atomic E-state index is 0. The van der Waals surface area contributed by atoms with Crippen LogP contribution in [0.3, 0.4) is 0 Å². The van der Waals surface area contributed by atoms with E-state index in [4.69, 9.17) is 0 Å². The Bertz CT molecular complexity index is 507. The molecule has 1 fully saturated rings. The molecule has 1 aromatic rings. The third-order valence-electron chi connectivity index (χ3n) is 3.92. The molecule has 2 rings (SSSR count). The van der Waals surface area contributed by atoms with Crippen LogP contribution in [0.15, 0.2) is 33.7 Å². The van der Waals surface area contributed by atoms with Gasteiger partial charge in [-0.25, -0.2) is 0 Å². The number of guanidine groups is 1. The summed E-state index contributed by atoms with van der Waals surface area (Å²) in [6.07, 6.45) is 1.22. The Labute approximate surface area is 165 Å². The normalized spacial score (nSPS) is 18.0. The van der Waals surface area contributed by atoms with E-state index in [1.54, 1.807) is 0 Å².